The van der Waals surface area contributed by atoms with Gasteiger partial charge in [0.15, 0.2) is 0 Å². The van der Waals surface area contributed by atoms with Gasteiger partial charge in [0.1, 0.15) is 5.69 Å². The maximum absolute atomic E-state index is 13.9. The number of halogens is 3. The van der Waals surface area contributed by atoms with Crippen molar-refractivity contribution in [2.75, 3.05) is 16.8 Å². The molecule has 5 aromatic rings. The van der Waals surface area contributed by atoms with Crippen LogP contribution in [-0.4, -0.2) is 26.1 Å². The van der Waals surface area contributed by atoms with Crippen LogP contribution in [-0.2, 0) is 25.7 Å². The molecule has 0 saturated carbocycles. The fraction of sp³-hybridized carbons (Fsp3) is 0.172. The van der Waals surface area contributed by atoms with Crippen LogP contribution in [0.5, 0.6) is 0 Å². The molecule has 0 bridgehead atoms. The summed E-state index contributed by atoms with van der Waals surface area (Å²) >= 11 is 0. The zero-order valence-electron chi connectivity index (χ0n) is 20.9. The van der Waals surface area contributed by atoms with Gasteiger partial charge in [-0.05, 0) is 54.1 Å². The number of fused-ring (bicyclic) bond motifs is 2. The maximum atomic E-state index is 13.9. The number of hydrogen-bond donors (Lipinski definition) is 2. The molecule has 0 saturated heterocycles. The largest absolute Gasteiger partial charge is 0.416 e. The first-order valence-corrected chi connectivity index (χ1v) is 12.4. The highest BCUT2D eigenvalue weighted by molar-refractivity contribution is 5.78. The molecule has 0 fully saturated rings. The molecule has 0 radical (unpaired) electrons. The van der Waals surface area contributed by atoms with Gasteiger partial charge in [-0.25, -0.2) is 14.5 Å². The molecule has 0 amide bonds. The molecule has 0 spiro atoms. The fourth-order valence-electron chi connectivity index (χ4n) is 4.73. The van der Waals surface area contributed by atoms with Crippen LogP contribution in [0, 0.1) is 23.5 Å². The van der Waals surface area contributed by atoms with E-state index in [1.165, 1.54) is 10.6 Å². The lowest BCUT2D eigenvalue weighted by Crippen LogP contribution is -2.39. The molecule has 2 N–H and O–H groups in total. The number of H-pyrrole nitrogens is 1. The lowest BCUT2D eigenvalue weighted by molar-refractivity contribution is -0.137. The molecule has 0 aliphatic carbocycles. The normalized spacial score (nSPS) is 13.0. The molecule has 0 unspecified atom stereocenters. The standard InChI is InChI=1S/C29H20F3N7O/c30-29(31,32)20-9-10-24-25(14-20)37-28(36-24)38-12-11-23-22(17-38)26(40)39(21-7-2-1-3-8-21)27(35-23)34-16-19-6-4-5-18(13-19)15-33/h1-2,4-7,9-10,13-14H,11-12,16-17H2,(H,34,35)(H,36,37). The van der Waals surface area contributed by atoms with Crippen LogP contribution in [0.4, 0.5) is 25.1 Å². The summed E-state index contributed by atoms with van der Waals surface area (Å²) in [7, 11) is 0. The Balaban J connectivity index is 1.35. The zero-order valence-corrected chi connectivity index (χ0v) is 20.9. The van der Waals surface area contributed by atoms with Crippen LogP contribution in [0.3, 0.4) is 0 Å². The maximum Gasteiger partial charge on any atom is 0.416 e. The van der Waals surface area contributed by atoms with E-state index in [0.717, 1.165) is 17.7 Å². The van der Waals surface area contributed by atoms with E-state index in [4.69, 9.17) is 4.98 Å². The van der Waals surface area contributed by atoms with Gasteiger partial charge in [-0.2, -0.15) is 18.4 Å². The summed E-state index contributed by atoms with van der Waals surface area (Å²) in [5.74, 6) is 0.712. The Morgan fingerprint density at radius 2 is 2.00 bits per heavy atom. The van der Waals surface area contributed by atoms with E-state index in [-0.39, 0.29) is 17.6 Å². The predicted molar refractivity (Wildman–Crippen MR) is 142 cm³/mol. The molecule has 11 heteroatoms. The second-order valence-corrected chi connectivity index (χ2v) is 9.31. The van der Waals surface area contributed by atoms with E-state index in [9.17, 15) is 23.2 Å². The number of nitriles is 1. The number of hydrogen-bond acceptors (Lipinski definition) is 6. The van der Waals surface area contributed by atoms with Gasteiger partial charge >= 0.3 is 6.18 Å². The van der Waals surface area contributed by atoms with Crippen molar-refractivity contribution in [2.24, 2.45) is 0 Å². The highest BCUT2D eigenvalue weighted by Crippen LogP contribution is 2.32. The molecule has 3 aromatic carbocycles. The predicted octanol–water partition coefficient (Wildman–Crippen LogP) is 4.77. The van der Waals surface area contributed by atoms with Gasteiger partial charge < -0.3 is 15.2 Å². The van der Waals surface area contributed by atoms with E-state index in [1.807, 2.05) is 11.0 Å². The number of nitrogens with one attached hydrogen (secondary N) is 2. The Morgan fingerprint density at radius 3 is 2.77 bits per heavy atom. The molecular formula is C29H20F3N7O. The highest BCUT2D eigenvalue weighted by atomic mass is 19.4. The Bertz CT molecular complexity index is 1820. The van der Waals surface area contributed by atoms with Gasteiger partial charge in [0.25, 0.3) is 5.56 Å². The Hall–Kier alpha value is -5.29. The minimum absolute atomic E-state index is 0.175. The zero-order chi connectivity index (χ0) is 27.9. The molecule has 40 heavy (non-hydrogen) atoms. The Kier molecular flexibility index (Phi) is 6.12. The van der Waals surface area contributed by atoms with Crippen LogP contribution < -0.4 is 15.8 Å². The summed E-state index contributed by atoms with van der Waals surface area (Å²) < 4.78 is 40.9. The van der Waals surface area contributed by atoms with Crippen LogP contribution >= 0.6 is 0 Å². The van der Waals surface area contributed by atoms with Crippen molar-refractivity contribution >= 4 is 22.9 Å². The van der Waals surface area contributed by atoms with Crippen molar-refractivity contribution in [1.29, 1.82) is 5.26 Å². The summed E-state index contributed by atoms with van der Waals surface area (Å²) in [5.41, 5.74) is 2.53. The van der Waals surface area contributed by atoms with Crippen molar-refractivity contribution in [3.8, 4) is 11.8 Å². The van der Waals surface area contributed by atoms with Gasteiger partial charge in [-0.3, -0.25) is 4.79 Å². The third-order valence-electron chi connectivity index (χ3n) is 6.71. The number of aromatic amines is 1. The third-order valence-corrected chi connectivity index (χ3v) is 6.71. The molecule has 0 atom stereocenters. The Morgan fingerprint density at radius 1 is 1.12 bits per heavy atom. The molecule has 1 aliphatic heterocycles. The number of benzene rings is 2. The van der Waals surface area contributed by atoms with E-state index >= 15 is 0 Å². The molecule has 1 aliphatic rings. The Labute approximate surface area is 226 Å². The lowest BCUT2D eigenvalue weighted by atomic mass is 10.1. The van der Waals surface area contributed by atoms with Crippen molar-refractivity contribution < 1.29 is 13.2 Å². The number of anilines is 2. The van der Waals surface area contributed by atoms with Gasteiger partial charge in [0, 0.05) is 19.5 Å². The van der Waals surface area contributed by atoms with Gasteiger partial charge in [-0.1, -0.05) is 24.3 Å². The van der Waals surface area contributed by atoms with Crippen LogP contribution in [0.15, 0.2) is 65.5 Å². The number of alkyl halides is 3. The van der Waals surface area contributed by atoms with Crippen molar-refractivity contribution in [1.82, 2.24) is 19.5 Å². The minimum atomic E-state index is -4.46. The third kappa shape index (κ3) is 4.69. The van der Waals surface area contributed by atoms with E-state index < -0.39 is 11.7 Å². The lowest BCUT2D eigenvalue weighted by Gasteiger charge is -2.28. The summed E-state index contributed by atoms with van der Waals surface area (Å²) in [5, 5.41) is 12.4. The van der Waals surface area contributed by atoms with Crippen LogP contribution in [0.25, 0.3) is 16.7 Å². The van der Waals surface area contributed by atoms with Crippen molar-refractivity contribution in [3.05, 3.63) is 111 Å². The SMILES string of the molecule is N#Cc1cccc(CNc2nc3c(c(=O)n2-c2c#cccc2)CN(c2nc4ccc(C(F)(F)F)cc4[nH]2)CC3)c1. The fourth-order valence-corrected chi connectivity index (χ4v) is 4.73. The smallest absolute Gasteiger partial charge is 0.351 e. The topological polar surface area (TPSA) is 103 Å². The highest BCUT2D eigenvalue weighted by Gasteiger charge is 2.31. The average Bonchev–Trinajstić information content (AvgIpc) is 3.40. The van der Waals surface area contributed by atoms with Crippen LogP contribution in [0.1, 0.15) is 27.9 Å². The second-order valence-electron chi connectivity index (χ2n) is 9.31. The summed E-state index contributed by atoms with van der Waals surface area (Å²) in [4.78, 5) is 27.9. The number of aromatic nitrogens is 4. The molecule has 3 heterocycles. The monoisotopic (exact) mass is 539 g/mol. The number of nitrogens with zero attached hydrogens (tertiary/aromatic N) is 5. The van der Waals surface area contributed by atoms with E-state index in [2.05, 4.69) is 33.5 Å². The number of imidazole rings is 1. The van der Waals surface area contributed by atoms with Gasteiger partial charge in [-0.15, -0.1) is 0 Å². The number of rotatable bonds is 5. The van der Waals surface area contributed by atoms with E-state index in [0.29, 0.717) is 59.4 Å². The van der Waals surface area contributed by atoms with E-state index in [1.54, 1.807) is 36.4 Å². The quantitative estimate of drug-likeness (QED) is 0.334. The summed E-state index contributed by atoms with van der Waals surface area (Å²) in [6, 6.07) is 23.6. The first-order chi connectivity index (χ1) is 19.3. The molecule has 8 nitrogen and oxygen atoms in total. The van der Waals surface area contributed by atoms with Crippen molar-refractivity contribution in [2.45, 2.75) is 25.7 Å². The summed E-state index contributed by atoms with van der Waals surface area (Å²) in [6.07, 6.45) is -4.03. The van der Waals surface area contributed by atoms with Gasteiger partial charge in [0.2, 0.25) is 11.9 Å². The minimum Gasteiger partial charge on any atom is -0.351 e. The molecular weight excluding hydrogens is 519 g/mol. The van der Waals surface area contributed by atoms with Crippen LogP contribution in [0.2, 0.25) is 0 Å². The first kappa shape index (κ1) is 25.0. The first-order valence-electron chi connectivity index (χ1n) is 12.4. The van der Waals surface area contributed by atoms with Crippen molar-refractivity contribution in [3.63, 3.8) is 0 Å². The van der Waals surface area contributed by atoms with Gasteiger partial charge in [0.05, 0.1) is 46.0 Å². The average molecular weight is 540 g/mol. The second kappa shape index (κ2) is 9.79. The molecule has 6 rings (SSSR count). The summed E-state index contributed by atoms with van der Waals surface area (Å²) in [6.45, 7) is 0.973. The molecule has 198 valence electrons. The molecule has 2 aromatic heterocycles.